The Labute approximate surface area is 145 Å². The lowest BCUT2D eigenvalue weighted by Crippen LogP contribution is -2.51. The van der Waals surface area contributed by atoms with Crippen LogP contribution in [0.25, 0.3) is 0 Å². The zero-order chi connectivity index (χ0) is 17.5. The second-order valence-corrected chi connectivity index (χ2v) is 9.53. The molecule has 0 spiro atoms. The van der Waals surface area contributed by atoms with Gasteiger partial charge < -0.3 is 15.4 Å². The Morgan fingerprint density at radius 2 is 1.54 bits per heavy atom. The molecule has 0 aliphatic heterocycles. The van der Waals surface area contributed by atoms with Gasteiger partial charge in [-0.2, -0.15) is 0 Å². The van der Waals surface area contributed by atoms with Crippen molar-refractivity contribution in [2.24, 2.45) is 23.2 Å². The Balaban J connectivity index is 1.48. The van der Waals surface area contributed by atoms with Gasteiger partial charge in [0.2, 0.25) is 5.91 Å². The van der Waals surface area contributed by atoms with Gasteiger partial charge in [-0.05, 0) is 89.4 Å². The van der Waals surface area contributed by atoms with E-state index in [-0.39, 0.29) is 11.3 Å². The topological polar surface area (TPSA) is 67.4 Å². The van der Waals surface area contributed by atoms with Crippen molar-refractivity contribution in [2.45, 2.75) is 84.4 Å². The molecule has 4 aliphatic carbocycles. The predicted octanol–water partition coefficient (Wildman–Crippen LogP) is 3.58. The molecule has 0 aromatic heterocycles. The average molecular weight is 336 g/mol. The summed E-state index contributed by atoms with van der Waals surface area (Å²) in [4.78, 5) is 24.3. The molecular weight excluding hydrogens is 304 g/mol. The maximum atomic E-state index is 12.5. The third kappa shape index (κ3) is 4.22. The minimum atomic E-state index is -0.535. The lowest BCUT2D eigenvalue weighted by atomic mass is 9.49. The summed E-state index contributed by atoms with van der Waals surface area (Å²) in [6, 6.07) is 0. The minimum absolute atomic E-state index is 0.0560. The van der Waals surface area contributed by atoms with Crippen LogP contribution in [0.1, 0.15) is 72.6 Å². The summed E-state index contributed by atoms with van der Waals surface area (Å²) >= 11 is 0. The van der Waals surface area contributed by atoms with Crippen LogP contribution in [0.15, 0.2) is 0 Å². The molecule has 2 amide bonds. The number of amides is 2. The van der Waals surface area contributed by atoms with E-state index in [2.05, 4.69) is 10.6 Å². The molecule has 24 heavy (non-hydrogen) atoms. The molecule has 1 unspecified atom stereocenters. The molecule has 4 aliphatic rings. The van der Waals surface area contributed by atoms with Crippen LogP contribution >= 0.6 is 0 Å². The highest BCUT2D eigenvalue weighted by molar-refractivity contribution is 5.78. The summed E-state index contributed by atoms with van der Waals surface area (Å²) in [5.74, 6) is 2.60. The van der Waals surface area contributed by atoms with Gasteiger partial charge in [0.15, 0.2) is 0 Å². The summed E-state index contributed by atoms with van der Waals surface area (Å²) in [7, 11) is 0. The minimum Gasteiger partial charge on any atom is -0.444 e. The summed E-state index contributed by atoms with van der Waals surface area (Å²) in [5, 5.41) is 5.60. The SMILES string of the molecule is CC(NC(=O)CC12CC3CC(CC(C3)C1)C2)NC(=O)OC(C)(C)C. The molecular formula is C19H32N2O3. The van der Waals surface area contributed by atoms with Crippen molar-refractivity contribution in [3.8, 4) is 0 Å². The fourth-order valence-electron chi connectivity index (χ4n) is 5.66. The second-order valence-electron chi connectivity index (χ2n) is 9.53. The first-order valence-electron chi connectivity index (χ1n) is 9.41. The summed E-state index contributed by atoms with van der Waals surface area (Å²) in [6.45, 7) is 7.25. The van der Waals surface area contributed by atoms with E-state index in [1.807, 2.05) is 20.8 Å². The Morgan fingerprint density at radius 1 is 1.04 bits per heavy atom. The van der Waals surface area contributed by atoms with Crippen LogP contribution in [-0.4, -0.2) is 23.8 Å². The van der Waals surface area contributed by atoms with Gasteiger partial charge in [-0.25, -0.2) is 4.79 Å². The fraction of sp³-hybridized carbons (Fsp3) is 0.895. The van der Waals surface area contributed by atoms with Crippen LogP contribution < -0.4 is 10.6 Å². The van der Waals surface area contributed by atoms with Crippen LogP contribution in [-0.2, 0) is 9.53 Å². The van der Waals surface area contributed by atoms with Gasteiger partial charge in [-0.3, -0.25) is 4.79 Å². The zero-order valence-electron chi connectivity index (χ0n) is 15.5. The monoisotopic (exact) mass is 336 g/mol. The third-order valence-corrected chi connectivity index (χ3v) is 5.81. The van der Waals surface area contributed by atoms with E-state index in [1.165, 1.54) is 38.5 Å². The number of alkyl carbamates (subject to hydrolysis) is 1. The van der Waals surface area contributed by atoms with Crippen LogP contribution in [0, 0.1) is 23.2 Å². The van der Waals surface area contributed by atoms with Crippen molar-refractivity contribution in [3.05, 3.63) is 0 Å². The summed E-state index contributed by atoms with van der Waals surface area (Å²) in [5.41, 5.74) is -0.308. The quantitative estimate of drug-likeness (QED) is 0.771. The van der Waals surface area contributed by atoms with Crippen molar-refractivity contribution in [1.82, 2.24) is 10.6 Å². The number of ether oxygens (including phenoxy) is 1. The molecule has 4 fully saturated rings. The molecule has 4 saturated carbocycles. The van der Waals surface area contributed by atoms with Gasteiger partial charge in [0.1, 0.15) is 11.8 Å². The first kappa shape index (κ1) is 17.6. The zero-order valence-corrected chi connectivity index (χ0v) is 15.5. The van der Waals surface area contributed by atoms with Crippen molar-refractivity contribution >= 4 is 12.0 Å². The predicted molar refractivity (Wildman–Crippen MR) is 92.2 cm³/mol. The number of hydrogen-bond acceptors (Lipinski definition) is 3. The summed E-state index contributed by atoms with van der Waals surface area (Å²) in [6.07, 6.45) is 7.52. The number of nitrogens with one attached hydrogen (secondary N) is 2. The largest absolute Gasteiger partial charge is 0.444 e. The fourth-order valence-corrected chi connectivity index (χ4v) is 5.66. The number of hydrogen-bond donors (Lipinski definition) is 2. The van der Waals surface area contributed by atoms with E-state index >= 15 is 0 Å². The molecule has 5 heteroatoms. The van der Waals surface area contributed by atoms with E-state index in [4.69, 9.17) is 4.74 Å². The van der Waals surface area contributed by atoms with Gasteiger partial charge in [0.25, 0.3) is 0 Å². The molecule has 0 aromatic carbocycles. The highest BCUT2D eigenvalue weighted by Gasteiger charge is 2.51. The number of rotatable bonds is 4. The lowest BCUT2D eigenvalue weighted by molar-refractivity contribution is -0.130. The Hall–Kier alpha value is -1.26. The van der Waals surface area contributed by atoms with Gasteiger partial charge in [0.05, 0.1) is 0 Å². The van der Waals surface area contributed by atoms with E-state index in [0.29, 0.717) is 6.42 Å². The lowest BCUT2D eigenvalue weighted by Gasteiger charge is -2.56. The Morgan fingerprint density at radius 3 is 2.00 bits per heavy atom. The molecule has 0 saturated heterocycles. The maximum Gasteiger partial charge on any atom is 0.409 e. The first-order valence-corrected chi connectivity index (χ1v) is 9.41. The molecule has 5 nitrogen and oxygen atoms in total. The first-order chi connectivity index (χ1) is 11.1. The molecule has 136 valence electrons. The number of carbonyl (C=O) groups excluding carboxylic acids is 2. The van der Waals surface area contributed by atoms with Crippen molar-refractivity contribution in [2.75, 3.05) is 0 Å². The standard InChI is InChI=1S/C19H32N2O3/c1-12(21-17(23)24-18(2,3)4)20-16(22)11-19-8-13-5-14(9-19)7-15(6-13)10-19/h12-15H,5-11H2,1-4H3,(H,20,22)(H,21,23). The average Bonchev–Trinajstić information content (AvgIpc) is 2.32. The van der Waals surface area contributed by atoms with Gasteiger partial charge >= 0.3 is 6.09 Å². The molecule has 0 aromatic rings. The van der Waals surface area contributed by atoms with Crippen LogP contribution in [0.3, 0.4) is 0 Å². The van der Waals surface area contributed by atoms with E-state index in [0.717, 1.165) is 17.8 Å². The molecule has 1 atom stereocenters. The third-order valence-electron chi connectivity index (χ3n) is 5.81. The van der Waals surface area contributed by atoms with Crippen LogP contribution in [0.5, 0.6) is 0 Å². The molecule has 0 radical (unpaired) electrons. The van der Waals surface area contributed by atoms with Gasteiger partial charge in [0, 0.05) is 6.42 Å². The van der Waals surface area contributed by atoms with Crippen molar-refractivity contribution < 1.29 is 14.3 Å². The highest BCUT2D eigenvalue weighted by atomic mass is 16.6. The normalized spacial score (nSPS) is 35.4. The van der Waals surface area contributed by atoms with E-state index in [1.54, 1.807) is 6.92 Å². The molecule has 2 N–H and O–H groups in total. The van der Waals surface area contributed by atoms with Crippen molar-refractivity contribution in [3.63, 3.8) is 0 Å². The number of carbonyl (C=O) groups is 2. The van der Waals surface area contributed by atoms with Gasteiger partial charge in [-0.1, -0.05) is 0 Å². The highest BCUT2D eigenvalue weighted by Crippen LogP contribution is 2.61. The molecule has 0 heterocycles. The molecule has 4 bridgehead atoms. The second kappa shape index (κ2) is 6.23. The van der Waals surface area contributed by atoms with Crippen LogP contribution in [0.2, 0.25) is 0 Å². The maximum absolute atomic E-state index is 12.5. The Bertz CT molecular complexity index is 474. The van der Waals surface area contributed by atoms with Gasteiger partial charge in [-0.15, -0.1) is 0 Å². The van der Waals surface area contributed by atoms with Crippen molar-refractivity contribution in [1.29, 1.82) is 0 Å². The van der Waals surface area contributed by atoms with E-state index in [9.17, 15) is 9.59 Å². The Kier molecular flexibility index (Phi) is 4.56. The van der Waals surface area contributed by atoms with E-state index < -0.39 is 17.9 Å². The smallest absolute Gasteiger partial charge is 0.409 e. The summed E-state index contributed by atoms with van der Waals surface area (Å²) < 4.78 is 5.22. The molecule has 4 rings (SSSR count). The van der Waals surface area contributed by atoms with Crippen LogP contribution in [0.4, 0.5) is 4.79 Å².